The fraction of sp³-hybridized carbons (Fsp3) is 0.812. The first-order valence-electron chi connectivity index (χ1n) is 7.13. The third kappa shape index (κ3) is 1.18. The molecule has 0 amide bonds. The molecule has 0 unspecified atom stereocenters. The molecule has 17 heavy (non-hydrogen) atoms. The molecule has 0 N–H and O–H groups in total. The second-order valence-corrected chi connectivity index (χ2v) is 7.23. The second kappa shape index (κ2) is 3.24. The van der Waals surface area contributed by atoms with Gasteiger partial charge in [0.15, 0.2) is 5.78 Å². The van der Waals surface area contributed by atoms with E-state index >= 15 is 0 Å². The molecule has 4 rings (SSSR count). The summed E-state index contributed by atoms with van der Waals surface area (Å²) in [6.07, 6.45) is 7.02. The van der Waals surface area contributed by atoms with Gasteiger partial charge in [-0.15, -0.1) is 0 Å². The number of ketones is 1. The third-order valence-corrected chi connectivity index (χ3v) is 6.46. The van der Waals surface area contributed by atoms with Crippen molar-refractivity contribution in [3.63, 3.8) is 0 Å². The zero-order valence-electron chi connectivity index (χ0n) is 11.5. The van der Waals surface area contributed by atoms with Gasteiger partial charge in [-0.2, -0.15) is 0 Å². The van der Waals surface area contributed by atoms with Crippen molar-refractivity contribution in [2.24, 2.45) is 28.6 Å². The second-order valence-electron chi connectivity index (χ2n) is 7.23. The largest absolute Gasteiger partial charge is 0.295 e. The highest BCUT2D eigenvalue weighted by Gasteiger charge is 2.68. The van der Waals surface area contributed by atoms with Gasteiger partial charge in [-0.05, 0) is 61.3 Å². The van der Waals surface area contributed by atoms with Crippen LogP contribution in [0.4, 0.5) is 0 Å². The van der Waals surface area contributed by atoms with Crippen LogP contribution in [0, 0.1) is 28.6 Å². The number of hydrogen-bond donors (Lipinski definition) is 0. The van der Waals surface area contributed by atoms with Crippen LogP contribution in [0.15, 0.2) is 11.6 Å². The Balaban J connectivity index is 1.99. The molecular weight excluding hydrogens is 208 g/mol. The molecule has 4 aliphatic rings. The summed E-state index contributed by atoms with van der Waals surface area (Å²) < 4.78 is 0. The van der Waals surface area contributed by atoms with Gasteiger partial charge in [-0.1, -0.05) is 26.3 Å². The van der Waals surface area contributed by atoms with Crippen LogP contribution in [-0.4, -0.2) is 5.78 Å². The van der Waals surface area contributed by atoms with Gasteiger partial charge in [-0.3, -0.25) is 4.79 Å². The molecule has 0 aromatic rings. The molecule has 1 nitrogen and oxygen atoms in total. The molecule has 0 saturated heterocycles. The van der Waals surface area contributed by atoms with Crippen LogP contribution in [0.3, 0.4) is 0 Å². The highest BCUT2D eigenvalue weighted by molar-refractivity contribution is 5.96. The van der Waals surface area contributed by atoms with Crippen molar-refractivity contribution in [2.75, 3.05) is 0 Å². The van der Waals surface area contributed by atoms with Gasteiger partial charge in [0.2, 0.25) is 0 Å². The van der Waals surface area contributed by atoms with Gasteiger partial charge in [0, 0.05) is 5.92 Å². The fourth-order valence-electron chi connectivity index (χ4n) is 4.98. The molecule has 4 atom stereocenters. The quantitative estimate of drug-likeness (QED) is 0.668. The van der Waals surface area contributed by atoms with E-state index in [2.05, 4.69) is 27.7 Å². The Morgan fingerprint density at radius 2 is 2.06 bits per heavy atom. The van der Waals surface area contributed by atoms with Crippen LogP contribution >= 0.6 is 0 Å². The van der Waals surface area contributed by atoms with Crippen LogP contribution in [0.5, 0.6) is 0 Å². The number of allylic oxidation sites excluding steroid dienone is 2. The molecule has 0 radical (unpaired) electrons. The van der Waals surface area contributed by atoms with Crippen molar-refractivity contribution < 1.29 is 4.79 Å². The lowest BCUT2D eigenvalue weighted by atomic mass is 9.34. The molecule has 94 valence electrons. The van der Waals surface area contributed by atoms with Crippen molar-refractivity contribution in [3.05, 3.63) is 11.6 Å². The average Bonchev–Trinajstić information content (AvgIpc) is 2.23. The number of fused-ring (bicyclic) bond motifs is 1. The molecule has 4 aliphatic carbocycles. The zero-order valence-corrected chi connectivity index (χ0v) is 11.5. The molecule has 1 heteroatoms. The summed E-state index contributed by atoms with van der Waals surface area (Å²) in [6.45, 7) is 9.29. The van der Waals surface area contributed by atoms with E-state index in [-0.39, 0.29) is 0 Å². The Hall–Kier alpha value is -0.590. The monoisotopic (exact) mass is 232 g/mol. The lowest BCUT2D eigenvalue weighted by Gasteiger charge is -2.69. The van der Waals surface area contributed by atoms with Crippen molar-refractivity contribution >= 4 is 5.78 Å². The highest BCUT2D eigenvalue weighted by atomic mass is 16.1. The van der Waals surface area contributed by atoms with E-state index in [1.807, 2.05) is 6.08 Å². The molecule has 2 saturated carbocycles. The summed E-state index contributed by atoms with van der Waals surface area (Å²) in [7, 11) is 0. The van der Waals surface area contributed by atoms with Gasteiger partial charge in [0.1, 0.15) is 0 Å². The fourth-order valence-corrected chi connectivity index (χ4v) is 4.98. The standard InChI is InChI=1S/C16H24O/c1-10(2)12-5-6-15(4)13-9-16(15,8-12)11(3)7-14(13)17/h7,10,12-13H,5-6,8-9H2,1-4H3/t12-,13-,15-,16+/m0/s1. The first-order chi connectivity index (χ1) is 7.91. The predicted molar refractivity (Wildman–Crippen MR) is 69.6 cm³/mol. The van der Waals surface area contributed by atoms with Crippen molar-refractivity contribution in [3.8, 4) is 0 Å². The van der Waals surface area contributed by atoms with Crippen LogP contribution in [0.25, 0.3) is 0 Å². The average molecular weight is 232 g/mol. The maximum absolute atomic E-state index is 12.0. The summed E-state index contributed by atoms with van der Waals surface area (Å²) in [5.41, 5.74) is 2.07. The topological polar surface area (TPSA) is 17.1 Å². The third-order valence-electron chi connectivity index (χ3n) is 6.46. The molecular formula is C16H24O. The Bertz CT molecular complexity index is 406. The maximum Gasteiger partial charge on any atom is 0.159 e. The van der Waals surface area contributed by atoms with Crippen LogP contribution in [0.2, 0.25) is 0 Å². The lowest BCUT2D eigenvalue weighted by molar-refractivity contribution is -0.176. The van der Waals surface area contributed by atoms with Crippen molar-refractivity contribution in [1.82, 2.24) is 0 Å². The van der Waals surface area contributed by atoms with Crippen LogP contribution < -0.4 is 0 Å². The first kappa shape index (κ1) is 11.5. The van der Waals surface area contributed by atoms with Gasteiger partial charge < -0.3 is 0 Å². The Labute approximate surface area is 105 Å². The molecule has 1 spiro atoms. The van der Waals surface area contributed by atoms with Gasteiger partial charge in [0.05, 0.1) is 0 Å². The molecule has 0 aromatic carbocycles. The molecule has 2 bridgehead atoms. The van der Waals surface area contributed by atoms with Gasteiger partial charge in [-0.25, -0.2) is 0 Å². The maximum atomic E-state index is 12.0. The van der Waals surface area contributed by atoms with Crippen LogP contribution in [0.1, 0.15) is 53.4 Å². The number of carbonyl (C=O) groups excluding carboxylic acids is 1. The van der Waals surface area contributed by atoms with Crippen molar-refractivity contribution in [1.29, 1.82) is 0 Å². The minimum Gasteiger partial charge on any atom is -0.295 e. The van der Waals surface area contributed by atoms with E-state index in [9.17, 15) is 4.79 Å². The summed E-state index contributed by atoms with van der Waals surface area (Å²) in [6, 6.07) is 0. The van der Waals surface area contributed by atoms with Gasteiger partial charge in [0.25, 0.3) is 0 Å². The lowest BCUT2D eigenvalue weighted by Crippen LogP contribution is -2.64. The number of hydrogen-bond acceptors (Lipinski definition) is 1. The minimum atomic E-state index is 0.300. The SMILES string of the molecule is CC1=CC(=O)[C@@H]2C[C@]13C[C@@H](C(C)C)CC[C@@]23C. The summed E-state index contributed by atoms with van der Waals surface area (Å²) in [5.74, 6) is 2.41. The van der Waals surface area contributed by atoms with E-state index in [1.165, 1.54) is 24.8 Å². The van der Waals surface area contributed by atoms with Crippen molar-refractivity contribution in [2.45, 2.75) is 53.4 Å². The predicted octanol–water partition coefficient (Wildman–Crippen LogP) is 3.98. The number of rotatable bonds is 1. The molecule has 2 fully saturated rings. The van der Waals surface area contributed by atoms with Crippen LogP contribution in [-0.2, 0) is 4.79 Å². The molecule has 0 aliphatic heterocycles. The van der Waals surface area contributed by atoms with E-state index in [0.29, 0.717) is 22.5 Å². The summed E-state index contributed by atoms with van der Waals surface area (Å²) >= 11 is 0. The summed E-state index contributed by atoms with van der Waals surface area (Å²) in [4.78, 5) is 12.0. The van der Waals surface area contributed by atoms with E-state index in [1.54, 1.807) is 0 Å². The first-order valence-corrected chi connectivity index (χ1v) is 7.13. The van der Waals surface area contributed by atoms with E-state index in [4.69, 9.17) is 0 Å². The Kier molecular flexibility index (Phi) is 2.19. The molecule has 0 aromatic heterocycles. The summed E-state index contributed by atoms with van der Waals surface area (Å²) in [5, 5.41) is 0. The Morgan fingerprint density at radius 1 is 1.35 bits per heavy atom. The smallest absolute Gasteiger partial charge is 0.159 e. The Morgan fingerprint density at radius 3 is 2.65 bits per heavy atom. The number of carbonyl (C=O) groups is 1. The minimum absolute atomic E-state index is 0.300. The van der Waals surface area contributed by atoms with E-state index < -0.39 is 0 Å². The molecule has 0 heterocycles. The normalized spacial score (nSPS) is 48.5. The van der Waals surface area contributed by atoms with Gasteiger partial charge >= 0.3 is 0 Å². The van der Waals surface area contributed by atoms with E-state index in [0.717, 1.165) is 18.3 Å². The zero-order chi connectivity index (χ0) is 12.4. The highest BCUT2D eigenvalue weighted by Crippen LogP contribution is 2.73.